The lowest BCUT2D eigenvalue weighted by atomic mass is 9.92. The van der Waals surface area contributed by atoms with E-state index in [1.54, 1.807) is 22.7 Å². The first-order valence-corrected chi connectivity index (χ1v) is 11.4. The Balaban J connectivity index is 1.60. The minimum atomic E-state index is -0.630. The largest absolute Gasteiger partial charge is 0.389 e. The van der Waals surface area contributed by atoms with Crippen LogP contribution in [0, 0.1) is 5.41 Å². The summed E-state index contributed by atoms with van der Waals surface area (Å²) in [5, 5.41) is 18.0. The van der Waals surface area contributed by atoms with Crippen LogP contribution in [0.3, 0.4) is 0 Å². The van der Waals surface area contributed by atoms with E-state index in [0.717, 1.165) is 13.1 Å². The van der Waals surface area contributed by atoms with Crippen molar-refractivity contribution in [1.82, 2.24) is 10.2 Å². The number of carbonyl (C=O) groups excluding carboxylic acids is 1. The van der Waals surface area contributed by atoms with Crippen LogP contribution < -0.4 is 5.32 Å². The number of amides is 1. The molecule has 1 aliphatic heterocycles. The quantitative estimate of drug-likeness (QED) is 0.684. The third-order valence-electron chi connectivity index (χ3n) is 4.79. The molecular formula is C21H30N2O3S2. The Morgan fingerprint density at radius 3 is 2.32 bits per heavy atom. The van der Waals surface area contributed by atoms with E-state index in [1.165, 1.54) is 9.75 Å². The molecular weight excluding hydrogens is 392 g/mol. The smallest absolute Gasteiger partial charge is 0.220 e. The van der Waals surface area contributed by atoms with Crippen molar-refractivity contribution in [2.45, 2.75) is 58.5 Å². The fourth-order valence-electron chi connectivity index (χ4n) is 3.42. The Labute approximate surface area is 175 Å². The van der Waals surface area contributed by atoms with Gasteiger partial charge in [0.15, 0.2) is 0 Å². The summed E-state index contributed by atoms with van der Waals surface area (Å²) in [6.45, 7) is 8.49. The molecule has 0 unspecified atom stereocenters. The normalized spacial score (nSPS) is 22.7. The minimum Gasteiger partial charge on any atom is -0.389 e. The molecule has 154 valence electrons. The number of hydrogen-bond donors (Lipinski definition) is 2. The number of aliphatic hydroxyl groups is 1. The molecule has 1 amide bonds. The second-order valence-electron chi connectivity index (χ2n) is 8.53. The first-order chi connectivity index (χ1) is 13.3. The fraction of sp³-hybridized carbons (Fsp3) is 0.571. The zero-order chi connectivity index (χ0) is 20.1. The van der Waals surface area contributed by atoms with Crippen LogP contribution in [0.5, 0.6) is 0 Å². The number of aliphatic hydroxyl groups excluding tert-OH is 1. The lowest BCUT2D eigenvalue weighted by Gasteiger charge is -2.30. The van der Waals surface area contributed by atoms with E-state index in [9.17, 15) is 9.90 Å². The molecule has 0 radical (unpaired) electrons. The van der Waals surface area contributed by atoms with Gasteiger partial charge in [0.1, 0.15) is 6.10 Å². The molecule has 0 saturated carbocycles. The maximum absolute atomic E-state index is 12.1. The highest BCUT2D eigenvalue weighted by Crippen LogP contribution is 2.26. The Hall–Kier alpha value is -1.25. The van der Waals surface area contributed by atoms with Crippen LogP contribution in [-0.2, 0) is 22.6 Å². The van der Waals surface area contributed by atoms with E-state index in [4.69, 9.17) is 4.74 Å². The third-order valence-corrected chi connectivity index (χ3v) is 6.52. The predicted octanol–water partition coefficient (Wildman–Crippen LogP) is 3.49. The predicted molar refractivity (Wildman–Crippen MR) is 115 cm³/mol. The highest BCUT2D eigenvalue weighted by molar-refractivity contribution is 7.10. The van der Waals surface area contributed by atoms with Gasteiger partial charge in [0, 0.05) is 35.8 Å². The molecule has 1 aliphatic rings. The summed E-state index contributed by atoms with van der Waals surface area (Å²) < 4.78 is 5.88. The van der Waals surface area contributed by atoms with Crippen LogP contribution in [0.1, 0.15) is 36.9 Å². The second kappa shape index (κ2) is 9.50. The summed E-state index contributed by atoms with van der Waals surface area (Å²) in [5.41, 5.74) is -0.0556. The summed E-state index contributed by atoms with van der Waals surface area (Å²) in [7, 11) is 0. The average molecular weight is 423 g/mol. The Bertz CT molecular complexity index is 689. The lowest BCUT2D eigenvalue weighted by molar-refractivity contribution is -0.123. The van der Waals surface area contributed by atoms with Gasteiger partial charge in [-0.2, -0.15) is 0 Å². The van der Waals surface area contributed by atoms with E-state index < -0.39 is 6.10 Å². The molecule has 0 spiro atoms. The van der Waals surface area contributed by atoms with Gasteiger partial charge in [0.25, 0.3) is 0 Å². The van der Waals surface area contributed by atoms with Gasteiger partial charge >= 0.3 is 0 Å². The third kappa shape index (κ3) is 6.12. The minimum absolute atomic E-state index is 0.000720. The summed E-state index contributed by atoms with van der Waals surface area (Å²) >= 11 is 3.45. The molecule has 28 heavy (non-hydrogen) atoms. The van der Waals surface area contributed by atoms with Gasteiger partial charge in [-0.25, -0.2) is 0 Å². The number of rotatable bonds is 8. The maximum atomic E-state index is 12.1. The van der Waals surface area contributed by atoms with Crippen LogP contribution in [-0.4, -0.2) is 47.3 Å². The van der Waals surface area contributed by atoms with E-state index in [0.29, 0.717) is 19.6 Å². The molecule has 0 aliphatic carbocycles. The SMILES string of the molecule is CC(C)(C)CC(=O)NC[C@H]1OC[C@@H](N(Cc2cccs2)Cc2cccs2)[C@@H]1O. The number of carbonyl (C=O) groups is 1. The molecule has 0 aromatic carbocycles. The van der Waals surface area contributed by atoms with Gasteiger partial charge in [0.05, 0.1) is 18.8 Å². The van der Waals surface area contributed by atoms with Gasteiger partial charge in [-0.1, -0.05) is 32.9 Å². The van der Waals surface area contributed by atoms with Crippen molar-refractivity contribution in [2.24, 2.45) is 5.41 Å². The summed E-state index contributed by atoms with van der Waals surface area (Å²) in [6.07, 6.45) is -0.541. The molecule has 3 atom stereocenters. The molecule has 3 rings (SSSR count). The molecule has 5 nitrogen and oxygen atoms in total. The highest BCUT2D eigenvalue weighted by Gasteiger charge is 2.39. The van der Waals surface area contributed by atoms with Crippen LogP contribution in [0.25, 0.3) is 0 Å². The van der Waals surface area contributed by atoms with Gasteiger partial charge in [-0.3, -0.25) is 9.69 Å². The number of ether oxygens (including phenoxy) is 1. The number of nitrogens with zero attached hydrogens (tertiary/aromatic N) is 1. The average Bonchev–Trinajstić information content (AvgIpc) is 3.34. The molecule has 2 aromatic rings. The van der Waals surface area contributed by atoms with E-state index >= 15 is 0 Å². The molecule has 1 saturated heterocycles. The molecule has 1 fully saturated rings. The van der Waals surface area contributed by atoms with Crippen LogP contribution in [0.2, 0.25) is 0 Å². The Morgan fingerprint density at radius 2 is 1.82 bits per heavy atom. The van der Waals surface area contributed by atoms with E-state index in [-0.39, 0.29) is 23.5 Å². The van der Waals surface area contributed by atoms with Crippen molar-refractivity contribution in [3.63, 3.8) is 0 Å². The van der Waals surface area contributed by atoms with Gasteiger partial charge in [-0.05, 0) is 28.3 Å². The standard InChI is InChI=1S/C21H30N2O3S2/c1-21(2,3)10-19(24)22-11-18-20(25)17(14-26-18)23(12-15-6-4-8-27-15)13-16-7-5-9-28-16/h4-9,17-18,20,25H,10-14H2,1-3H3,(H,22,24)/t17-,18-,20+/m1/s1. The summed E-state index contributed by atoms with van der Waals surface area (Å²) in [6, 6.07) is 8.27. The van der Waals surface area contributed by atoms with Crippen molar-refractivity contribution >= 4 is 28.6 Å². The van der Waals surface area contributed by atoms with Crippen LogP contribution in [0.4, 0.5) is 0 Å². The van der Waals surface area contributed by atoms with Gasteiger partial charge < -0.3 is 15.2 Å². The number of hydrogen-bond acceptors (Lipinski definition) is 6. The van der Waals surface area contributed by atoms with E-state index in [1.807, 2.05) is 20.8 Å². The highest BCUT2D eigenvalue weighted by atomic mass is 32.1. The monoisotopic (exact) mass is 422 g/mol. The number of thiophene rings is 2. The molecule has 7 heteroatoms. The van der Waals surface area contributed by atoms with Gasteiger partial charge in [0.2, 0.25) is 5.91 Å². The Morgan fingerprint density at radius 1 is 1.21 bits per heavy atom. The van der Waals surface area contributed by atoms with Gasteiger partial charge in [-0.15, -0.1) is 22.7 Å². The lowest BCUT2D eigenvalue weighted by Crippen LogP contribution is -2.46. The van der Waals surface area contributed by atoms with Crippen molar-refractivity contribution in [3.05, 3.63) is 44.8 Å². The van der Waals surface area contributed by atoms with Crippen molar-refractivity contribution in [2.75, 3.05) is 13.2 Å². The topological polar surface area (TPSA) is 61.8 Å². The van der Waals surface area contributed by atoms with Crippen molar-refractivity contribution in [1.29, 1.82) is 0 Å². The molecule has 2 aromatic heterocycles. The first kappa shape index (κ1) is 21.5. The van der Waals surface area contributed by atoms with Crippen LogP contribution in [0.15, 0.2) is 35.0 Å². The maximum Gasteiger partial charge on any atom is 0.220 e. The van der Waals surface area contributed by atoms with Crippen molar-refractivity contribution < 1.29 is 14.6 Å². The zero-order valence-electron chi connectivity index (χ0n) is 16.8. The Kier molecular flexibility index (Phi) is 7.28. The van der Waals surface area contributed by atoms with E-state index in [2.05, 4.69) is 45.2 Å². The molecule has 2 N–H and O–H groups in total. The summed E-state index contributed by atoms with van der Waals surface area (Å²) in [4.78, 5) is 16.9. The fourth-order valence-corrected chi connectivity index (χ4v) is 4.88. The molecule has 0 bridgehead atoms. The number of nitrogens with one attached hydrogen (secondary N) is 1. The second-order valence-corrected chi connectivity index (χ2v) is 10.6. The van der Waals surface area contributed by atoms with Crippen molar-refractivity contribution in [3.8, 4) is 0 Å². The first-order valence-electron chi connectivity index (χ1n) is 9.67. The molecule has 3 heterocycles. The summed E-state index contributed by atoms with van der Waals surface area (Å²) in [5.74, 6) is 0.000720. The van der Waals surface area contributed by atoms with Crippen LogP contribution >= 0.6 is 22.7 Å². The zero-order valence-corrected chi connectivity index (χ0v) is 18.4.